The third-order valence-corrected chi connectivity index (χ3v) is 5.47. The van der Waals surface area contributed by atoms with Crippen LogP contribution < -0.4 is 14.4 Å². The fourth-order valence-electron chi connectivity index (χ4n) is 3.15. The quantitative estimate of drug-likeness (QED) is 0.749. The number of anilines is 1. The summed E-state index contributed by atoms with van der Waals surface area (Å²) in [5.41, 5.74) is 1.06. The lowest BCUT2D eigenvalue weighted by atomic mass is 10.1. The largest absolute Gasteiger partial charge is 0.497 e. The molecule has 148 valence electrons. The molecule has 1 unspecified atom stereocenters. The molecule has 0 saturated carbocycles. The number of ether oxygens (including phenoxy) is 2. The maximum atomic E-state index is 13.0. The molecule has 0 spiro atoms. The number of carbonyl (C=O) groups excluding carboxylic acids is 2. The van der Waals surface area contributed by atoms with Gasteiger partial charge < -0.3 is 19.3 Å². The first-order valence-corrected chi connectivity index (χ1v) is 9.41. The predicted octanol–water partition coefficient (Wildman–Crippen LogP) is 3.89. The number of methoxy groups -OCH3 is 2. The number of amides is 2. The standard InChI is InChI=1S/C20H20Cl2N2O4/c1-12-19(25)24(14-9-15(27-2)11-16(10-14)28-3)7-6-23(12)20(26)13-4-5-17(21)18(22)8-13/h4-5,8-12H,6-7H2,1-3H3. The molecule has 0 bridgehead atoms. The van der Waals surface area contributed by atoms with Gasteiger partial charge in [0.25, 0.3) is 5.91 Å². The molecule has 0 aromatic heterocycles. The molecule has 8 heteroatoms. The van der Waals surface area contributed by atoms with Gasteiger partial charge in [-0.3, -0.25) is 9.59 Å². The average molecular weight is 423 g/mol. The number of piperazine rings is 1. The van der Waals surface area contributed by atoms with Gasteiger partial charge in [-0.15, -0.1) is 0 Å². The van der Waals surface area contributed by atoms with Gasteiger partial charge in [0.2, 0.25) is 5.91 Å². The zero-order valence-electron chi connectivity index (χ0n) is 15.7. The number of hydrogen-bond donors (Lipinski definition) is 0. The Bertz CT molecular complexity index is 897. The topological polar surface area (TPSA) is 59.1 Å². The van der Waals surface area contributed by atoms with E-state index in [1.165, 1.54) is 11.0 Å². The fraction of sp³-hybridized carbons (Fsp3) is 0.300. The summed E-state index contributed by atoms with van der Waals surface area (Å²) >= 11 is 11.9. The molecule has 6 nitrogen and oxygen atoms in total. The molecule has 3 rings (SSSR count). The van der Waals surface area contributed by atoms with Crippen molar-refractivity contribution in [2.45, 2.75) is 13.0 Å². The van der Waals surface area contributed by atoms with Crippen molar-refractivity contribution in [3.63, 3.8) is 0 Å². The van der Waals surface area contributed by atoms with Crippen molar-refractivity contribution in [1.82, 2.24) is 4.90 Å². The number of rotatable bonds is 4. The van der Waals surface area contributed by atoms with Crippen LogP contribution in [0.1, 0.15) is 17.3 Å². The summed E-state index contributed by atoms with van der Waals surface area (Å²) < 4.78 is 10.6. The van der Waals surface area contributed by atoms with E-state index in [1.807, 2.05) is 0 Å². The van der Waals surface area contributed by atoms with Gasteiger partial charge in [0, 0.05) is 36.9 Å². The van der Waals surface area contributed by atoms with E-state index in [0.717, 1.165) is 0 Å². The van der Waals surface area contributed by atoms with Gasteiger partial charge in [0.1, 0.15) is 17.5 Å². The van der Waals surface area contributed by atoms with Crippen LogP contribution in [0.4, 0.5) is 5.69 Å². The van der Waals surface area contributed by atoms with Crippen molar-refractivity contribution in [2.24, 2.45) is 0 Å². The Morgan fingerprint density at radius 1 is 1.00 bits per heavy atom. The van der Waals surface area contributed by atoms with E-state index in [1.54, 1.807) is 56.4 Å². The Kier molecular flexibility index (Phi) is 6.01. The molecule has 1 heterocycles. The van der Waals surface area contributed by atoms with Crippen molar-refractivity contribution in [3.05, 3.63) is 52.0 Å². The molecule has 1 saturated heterocycles. The Labute approximate surface area is 173 Å². The summed E-state index contributed by atoms with van der Waals surface area (Å²) in [6, 6.07) is 9.33. The summed E-state index contributed by atoms with van der Waals surface area (Å²) in [5, 5.41) is 0.674. The second-order valence-electron chi connectivity index (χ2n) is 6.36. The van der Waals surface area contributed by atoms with Crippen molar-refractivity contribution in [3.8, 4) is 11.5 Å². The van der Waals surface area contributed by atoms with Crippen LogP contribution in [-0.2, 0) is 4.79 Å². The van der Waals surface area contributed by atoms with Crippen LogP contribution in [0, 0.1) is 0 Å². The van der Waals surface area contributed by atoms with Crippen molar-refractivity contribution in [1.29, 1.82) is 0 Å². The SMILES string of the molecule is COc1cc(OC)cc(N2CCN(C(=O)c3ccc(Cl)c(Cl)c3)C(C)C2=O)c1. The highest BCUT2D eigenvalue weighted by atomic mass is 35.5. The molecule has 2 amide bonds. The smallest absolute Gasteiger partial charge is 0.254 e. The van der Waals surface area contributed by atoms with E-state index in [0.29, 0.717) is 45.9 Å². The van der Waals surface area contributed by atoms with Gasteiger partial charge in [0.05, 0.1) is 30.0 Å². The van der Waals surface area contributed by atoms with E-state index in [9.17, 15) is 9.59 Å². The summed E-state index contributed by atoms with van der Waals surface area (Å²) in [5.74, 6) is 0.727. The minimum atomic E-state index is -0.632. The zero-order chi connectivity index (χ0) is 20.4. The van der Waals surface area contributed by atoms with Crippen LogP contribution in [0.15, 0.2) is 36.4 Å². The Balaban J connectivity index is 1.83. The first-order valence-electron chi connectivity index (χ1n) is 8.66. The summed E-state index contributed by atoms with van der Waals surface area (Å²) in [6.45, 7) is 2.44. The highest BCUT2D eigenvalue weighted by Gasteiger charge is 2.35. The second kappa shape index (κ2) is 8.29. The minimum absolute atomic E-state index is 0.185. The number of benzene rings is 2. The lowest BCUT2D eigenvalue weighted by Gasteiger charge is -2.39. The van der Waals surface area contributed by atoms with Crippen molar-refractivity contribution >= 4 is 40.7 Å². The van der Waals surface area contributed by atoms with E-state index in [4.69, 9.17) is 32.7 Å². The number of halogens is 2. The van der Waals surface area contributed by atoms with Crippen molar-refractivity contribution < 1.29 is 19.1 Å². The predicted molar refractivity (Wildman–Crippen MR) is 109 cm³/mol. The molecule has 1 atom stereocenters. The molecule has 1 aliphatic rings. The zero-order valence-corrected chi connectivity index (χ0v) is 17.3. The van der Waals surface area contributed by atoms with E-state index in [2.05, 4.69) is 0 Å². The highest BCUT2D eigenvalue weighted by molar-refractivity contribution is 6.42. The number of hydrogen-bond acceptors (Lipinski definition) is 4. The van der Waals surface area contributed by atoms with Crippen molar-refractivity contribution in [2.75, 3.05) is 32.2 Å². The maximum Gasteiger partial charge on any atom is 0.254 e. The Morgan fingerprint density at radius 2 is 1.64 bits per heavy atom. The first kappa shape index (κ1) is 20.3. The molecule has 0 radical (unpaired) electrons. The molecule has 2 aromatic rings. The Hall–Kier alpha value is -2.44. The minimum Gasteiger partial charge on any atom is -0.497 e. The van der Waals surface area contributed by atoms with Gasteiger partial charge in [-0.25, -0.2) is 0 Å². The fourth-order valence-corrected chi connectivity index (χ4v) is 3.45. The van der Waals surface area contributed by atoms with Gasteiger partial charge in [-0.2, -0.15) is 0 Å². The molecular weight excluding hydrogens is 403 g/mol. The van der Waals surface area contributed by atoms with Gasteiger partial charge in [0.15, 0.2) is 0 Å². The van der Waals surface area contributed by atoms with E-state index < -0.39 is 6.04 Å². The lowest BCUT2D eigenvalue weighted by Crippen LogP contribution is -2.57. The van der Waals surface area contributed by atoms with Crippen LogP contribution in [0.3, 0.4) is 0 Å². The van der Waals surface area contributed by atoms with Crippen LogP contribution >= 0.6 is 23.2 Å². The molecular formula is C20H20Cl2N2O4. The maximum absolute atomic E-state index is 13.0. The number of nitrogens with zero attached hydrogens (tertiary/aromatic N) is 2. The molecule has 1 fully saturated rings. The molecule has 2 aromatic carbocycles. The summed E-state index contributed by atoms with van der Waals surface area (Å²) in [6.07, 6.45) is 0. The molecule has 0 N–H and O–H groups in total. The molecule has 1 aliphatic heterocycles. The van der Waals surface area contributed by atoms with Crippen LogP contribution in [0.25, 0.3) is 0 Å². The summed E-state index contributed by atoms with van der Waals surface area (Å²) in [7, 11) is 3.10. The van der Waals surface area contributed by atoms with Crippen LogP contribution in [0.5, 0.6) is 11.5 Å². The normalized spacial score (nSPS) is 16.9. The van der Waals surface area contributed by atoms with Gasteiger partial charge in [-0.1, -0.05) is 23.2 Å². The number of carbonyl (C=O) groups is 2. The lowest BCUT2D eigenvalue weighted by molar-refractivity contribution is -0.124. The first-order chi connectivity index (χ1) is 13.3. The third kappa shape index (κ3) is 3.88. The van der Waals surface area contributed by atoms with Crippen LogP contribution in [0.2, 0.25) is 10.0 Å². The Morgan fingerprint density at radius 3 is 2.21 bits per heavy atom. The third-order valence-electron chi connectivity index (χ3n) is 4.73. The summed E-state index contributed by atoms with van der Waals surface area (Å²) in [4.78, 5) is 29.0. The van der Waals surface area contributed by atoms with E-state index >= 15 is 0 Å². The van der Waals surface area contributed by atoms with E-state index in [-0.39, 0.29) is 11.8 Å². The monoisotopic (exact) mass is 422 g/mol. The highest BCUT2D eigenvalue weighted by Crippen LogP contribution is 2.31. The van der Waals surface area contributed by atoms with Gasteiger partial charge >= 0.3 is 0 Å². The van der Waals surface area contributed by atoms with Gasteiger partial charge in [-0.05, 0) is 25.1 Å². The second-order valence-corrected chi connectivity index (χ2v) is 7.18. The molecule has 0 aliphatic carbocycles. The van der Waals surface area contributed by atoms with Crippen LogP contribution in [-0.4, -0.2) is 50.1 Å². The molecule has 28 heavy (non-hydrogen) atoms. The average Bonchev–Trinajstić information content (AvgIpc) is 2.71.